The molecule has 1 spiro atoms. The number of carbonyl (C=O) groups is 2. The first kappa shape index (κ1) is 24.8. The van der Waals surface area contributed by atoms with Gasteiger partial charge in [-0.1, -0.05) is 13.8 Å². The van der Waals surface area contributed by atoms with Crippen molar-refractivity contribution in [2.24, 2.45) is 11.8 Å². The van der Waals surface area contributed by atoms with E-state index in [1.165, 1.54) is 18.3 Å². The van der Waals surface area contributed by atoms with Gasteiger partial charge in [0.15, 0.2) is 5.82 Å². The smallest absolute Gasteiger partial charge is 0.475 e. The summed E-state index contributed by atoms with van der Waals surface area (Å²) in [7, 11) is 0. The largest absolute Gasteiger partial charge is 0.490 e. The monoisotopic (exact) mass is 450 g/mol. The maximum Gasteiger partial charge on any atom is 0.490 e. The molecule has 0 saturated carbocycles. The molecule has 7 nitrogen and oxygen atoms in total. The van der Waals surface area contributed by atoms with Crippen LogP contribution in [0.1, 0.15) is 33.1 Å². The Bertz CT molecular complexity index is 766. The van der Waals surface area contributed by atoms with Crippen molar-refractivity contribution in [3.63, 3.8) is 0 Å². The zero-order valence-electron chi connectivity index (χ0n) is 17.3. The van der Waals surface area contributed by atoms with Gasteiger partial charge < -0.3 is 19.5 Å². The Morgan fingerprint density at radius 2 is 2.03 bits per heavy atom. The molecule has 1 unspecified atom stereocenters. The number of likely N-dealkylation sites (tertiary alicyclic amines) is 1. The first-order valence-corrected chi connectivity index (χ1v) is 9.90. The SMILES string of the molecule is CC(C)CCC(=O)N1CC2(C1)OCCC2COc1ncccc1F.O=C(O)C(F)(F)F. The Morgan fingerprint density at radius 1 is 1.39 bits per heavy atom. The van der Waals surface area contributed by atoms with Crippen molar-refractivity contribution >= 4 is 11.9 Å². The summed E-state index contributed by atoms with van der Waals surface area (Å²) >= 11 is 0. The van der Waals surface area contributed by atoms with Crippen molar-refractivity contribution in [2.75, 3.05) is 26.3 Å². The number of alkyl halides is 3. The summed E-state index contributed by atoms with van der Waals surface area (Å²) < 4.78 is 56.8. The predicted molar refractivity (Wildman–Crippen MR) is 101 cm³/mol. The average molecular weight is 450 g/mol. The van der Waals surface area contributed by atoms with E-state index in [2.05, 4.69) is 18.8 Å². The van der Waals surface area contributed by atoms with Crippen LogP contribution >= 0.6 is 0 Å². The summed E-state index contributed by atoms with van der Waals surface area (Å²) in [6.45, 7) is 6.49. The lowest BCUT2D eigenvalue weighted by Gasteiger charge is -2.50. The number of amides is 1. The molecule has 1 amide bonds. The molecular weight excluding hydrogens is 424 g/mol. The molecule has 1 aromatic heterocycles. The molecule has 1 aromatic rings. The number of carbonyl (C=O) groups excluding carboxylic acids is 1. The van der Waals surface area contributed by atoms with Gasteiger partial charge in [0.2, 0.25) is 11.8 Å². The van der Waals surface area contributed by atoms with E-state index < -0.39 is 18.0 Å². The summed E-state index contributed by atoms with van der Waals surface area (Å²) in [6, 6.07) is 2.87. The second-order valence-corrected chi connectivity index (χ2v) is 7.99. The lowest BCUT2D eigenvalue weighted by atomic mass is 9.81. The summed E-state index contributed by atoms with van der Waals surface area (Å²) in [5.41, 5.74) is -0.321. The van der Waals surface area contributed by atoms with Crippen LogP contribution in [0.15, 0.2) is 18.3 Å². The fourth-order valence-corrected chi connectivity index (χ4v) is 3.37. The minimum Gasteiger partial charge on any atom is -0.475 e. The summed E-state index contributed by atoms with van der Waals surface area (Å²) in [5.74, 6) is -2.30. The number of ether oxygens (including phenoxy) is 2. The van der Waals surface area contributed by atoms with E-state index in [-0.39, 0.29) is 23.3 Å². The number of pyridine rings is 1. The zero-order chi connectivity index (χ0) is 23.2. The van der Waals surface area contributed by atoms with Crippen LogP contribution in [0.2, 0.25) is 0 Å². The van der Waals surface area contributed by atoms with Crippen molar-refractivity contribution < 1.29 is 41.7 Å². The van der Waals surface area contributed by atoms with Gasteiger partial charge >= 0.3 is 12.1 Å². The second-order valence-electron chi connectivity index (χ2n) is 7.99. The van der Waals surface area contributed by atoms with Gasteiger partial charge in [0, 0.05) is 25.1 Å². The van der Waals surface area contributed by atoms with E-state index in [1.807, 2.05) is 4.90 Å². The van der Waals surface area contributed by atoms with Crippen molar-refractivity contribution in [3.05, 3.63) is 24.1 Å². The van der Waals surface area contributed by atoms with Gasteiger partial charge in [-0.3, -0.25) is 4.79 Å². The van der Waals surface area contributed by atoms with Crippen molar-refractivity contribution in [2.45, 2.75) is 44.9 Å². The Hall–Kier alpha value is -2.43. The van der Waals surface area contributed by atoms with Gasteiger partial charge in [-0.2, -0.15) is 13.2 Å². The number of halogens is 4. The molecule has 2 saturated heterocycles. The number of hydrogen-bond donors (Lipinski definition) is 1. The number of aromatic nitrogens is 1. The molecule has 11 heteroatoms. The number of carboxylic acid groups (broad SMARTS) is 1. The third-order valence-corrected chi connectivity index (χ3v) is 5.19. The topological polar surface area (TPSA) is 89.0 Å². The number of aliphatic carboxylic acids is 1. The molecule has 1 N–H and O–H groups in total. The van der Waals surface area contributed by atoms with Gasteiger partial charge in [0.25, 0.3) is 0 Å². The predicted octanol–water partition coefficient (Wildman–Crippen LogP) is 3.29. The van der Waals surface area contributed by atoms with E-state index in [9.17, 15) is 22.4 Å². The van der Waals surface area contributed by atoms with Gasteiger partial charge in [0.05, 0.1) is 19.7 Å². The minimum absolute atomic E-state index is 0.0312. The van der Waals surface area contributed by atoms with Crippen molar-refractivity contribution in [1.82, 2.24) is 9.88 Å². The Labute approximate surface area is 177 Å². The van der Waals surface area contributed by atoms with Crippen LogP contribution in [-0.2, 0) is 14.3 Å². The Balaban J connectivity index is 0.000000423. The van der Waals surface area contributed by atoms with Crippen LogP contribution in [-0.4, -0.2) is 64.9 Å². The van der Waals surface area contributed by atoms with E-state index in [0.717, 1.165) is 12.8 Å². The van der Waals surface area contributed by atoms with Crippen LogP contribution in [0.5, 0.6) is 5.88 Å². The van der Waals surface area contributed by atoms with Gasteiger partial charge in [0.1, 0.15) is 5.60 Å². The van der Waals surface area contributed by atoms with Crippen LogP contribution in [0.4, 0.5) is 17.6 Å². The summed E-state index contributed by atoms with van der Waals surface area (Å²) in [5, 5.41) is 7.12. The molecule has 3 heterocycles. The number of nitrogens with zero attached hydrogens (tertiary/aromatic N) is 2. The first-order valence-electron chi connectivity index (χ1n) is 9.90. The summed E-state index contributed by atoms with van der Waals surface area (Å²) in [6.07, 6.45) is -1.21. The normalized spacial score (nSPS) is 19.6. The molecular formula is C20H26F4N2O5. The highest BCUT2D eigenvalue weighted by Gasteiger charge is 2.54. The van der Waals surface area contributed by atoms with Crippen molar-refractivity contribution in [3.8, 4) is 5.88 Å². The maximum absolute atomic E-state index is 13.6. The van der Waals surface area contributed by atoms with Gasteiger partial charge in [-0.05, 0) is 30.9 Å². The first-order chi connectivity index (χ1) is 14.4. The molecule has 0 bridgehead atoms. The van der Waals surface area contributed by atoms with Crippen LogP contribution in [0, 0.1) is 17.7 Å². The Kier molecular flexibility index (Phi) is 8.21. The summed E-state index contributed by atoms with van der Waals surface area (Å²) in [4.78, 5) is 26.9. The zero-order valence-corrected chi connectivity index (χ0v) is 17.3. The number of rotatable bonds is 6. The highest BCUT2D eigenvalue weighted by Crippen LogP contribution is 2.40. The van der Waals surface area contributed by atoms with Crippen molar-refractivity contribution in [1.29, 1.82) is 0 Å². The van der Waals surface area contributed by atoms with Crippen LogP contribution < -0.4 is 4.74 Å². The molecule has 0 radical (unpaired) electrons. The third-order valence-electron chi connectivity index (χ3n) is 5.19. The molecule has 31 heavy (non-hydrogen) atoms. The van der Waals surface area contributed by atoms with Gasteiger partial charge in [-0.25, -0.2) is 14.2 Å². The fourth-order valence-electron chi connectivity index (χ4n) is 3.37. The quantitative estimate of drug-likeness (QED) is 0.670. The highest BCUT2D eigenvalue weighted by molar-refractivity contribution is 5.77. The molecule has 2 aliphatic rings. The number of carboxylic acids is 1. The lowest BCUT2D eigenvalue weighted by Crippen LogP contribution is -2.66. The van der Waals surface area contributed by atoms with E-state index in [4.69, 9.17) is 19.4 Å². The Morgan fingerprint density at radius 3 is 2.58 bits per heavy atom. The van der Waals surface area contributed by atoms with Crippen LogP contribution in [0.25, 0.3) is 0 Å². The fraction of sp³-hybridized carbons (Fsp3) is 0.650. The highest BCUT2D eigenvalue weighted by atomic mass is 19.4. The van der Waals surface area contributed by atoms with Crippen LogP contribution in [0.3, 0.4) is 0 Å². The van der Waals surface area contributed by atoms with E-state index in [0.29, 0.717) is 38.6 Å². The molecule has 2 fully saturated rings. The standard InChI is InChI=1S/C18H25FN2O3.C2HF3O2/c1-13(2)5-6-16(22)21-11-18(12-21)14(7-9-24-18)10-23-17-15(19)4-3-8-20-17;3-2(4,5)1(6)7/h3-4,8,13-14H,5-7,9-12H2,1-2H3;(H,6,7). The molecule has 3 rings (SSSR count). The molecule has 174 valence electrons. The maximum atomic E-state index is 13.6. The molecule has 0 aliphatic carbocycles. The average Bonchev–Trinajstić information content (AvgIpc) is 3.08. The minimum atomic E-state index is -5.08. The molecule has 0 aromatic carbocycles. The van der Waals surface area contributed by atoms with E-state index >= 15 is 0 Å². The van der Waals surface area contributed by atoms with E-state index in [1.54, 1.807) is 0 Å². The molecule has 2 aliphatic heterocycles. The lowest BCUT2D eigenvalue weighted by molar-refractivity contribution is -0.192. The second kappa shape index (κ2) is 10.3. The molecule has 1 atom stereocenters. The number of hydrogen-bond acceptors (Lipinski definition) is 5. The third kappa shape index (κ3) is 6.78. The van der Waals surface area contributed by atoms with Gasteiger partial charge in [-0.15, -0.1) is 0 Å².